The quantitative estimate of drug-likeness (QED) is 0.117. The Balaban J connectivity index is 1.26. The van der Waals surface area contributed by atoms with E-state index in [1.807, 2.05) is 0 Å². The van der Waals surface area contributed by atoms with Crippen LogP contribution in [0.3, 0.4) is 0 Å². The van der Waals surface area contributed by atoms with Gasteiger partial charge in [-0.3, -0.25) is 0 Å². The average molecular weight is 755 g/mol. The smallest absolute Gasteiger partial charge is 0.00204 e. The minimum absolute atomic E-state index is 0.0814. The molecule has 2 unspecified atom stereocenters. The van der Waals surface area contributed by atoms with Gasteiger partial charge < -0.3 is 0 Å². The molecule has 0 aromatic heterocycles. The molecule has 9 aromatic rings. The summed E-state index contributed by atoms with van der Waals surface area (Å²) in [5.41, 5.74) is 11.3. The molecule has 0 heteroatoms. The molecule has 0 spiro atoms. The van der Waals surface area contributed by atoms with Gasteiger partial charge in [0.2, 0.25) is 0 Å². The maximum absolute atomic E-state index is 2.49. The van der Waals surface area contributed by atoms with Crippen molar-refractivity contribution in [3.8, 4) is 11.1 Å². The van der Waals surface area contributed by atoms with E-state index in [4.69, 9.17) is 0 Å². The van der Waals surface area contributed by atoms with Crippen molar-refractivity contribution >= 4 is 53.9 Å². The largest absolute Gasteiger partial charge is 0.0616 e. The van der Waals surface area contributed by atoms with Crippen molar-refractivity contribution in [3.63, 3.8) is 0 Å². The summed E-state index contributed by atoms with van der Waals surface area (Å²) in [7, 11) is 0. The summed E-state index contributed by atoms with van der Waals surface area (Å²) in [6, 6.07) is 56.5. The molecule has 0 saturated carbocycles. The molecule has 0 fully saturated rings. The van der Waals surface area contributed by atoms with Gasteiger partial charge in [-0.05, 0) is 133 Å². The zero-order valence-electron chi connectivity index (χ0n) is 36.2. The monoisotopic (exact) mass is 754 g/mol. The Labute approximate surface area is 346 Å². The van der Waals surface area contributed by atoms with Gasteiger partial charge in [-0.15, -0.1) is 0 Å². The molecule has 9 rings (SSSR count). The Bertz CT molecular complexity index is 2880. The van der Waals surface area contributed by atoms with E-state index in [9.17, 15) is 0 Å². The van der Waals surface area contributed by atoms with Crippen molar-refractivity contribution in [2.45, 2.75) is 104 Å². The van der Waals surface area contributed by atoms with Gasteiger partial charge in [-0.25, -0.2) is 0 Å². The van der Waals surface area contributed by atoms with E-state index in [-0.39, 0.29) is 28.1 Å². The fourth-order valence-electron chi connectivity index (χ4n) is 9.82. The summed E-state index contributed by atoms with van der Waals surface area (Å²) in [5, 5.41) is 13.4. The van der Waals surface area contributed by atoms with Crippen LogP contribution in [0.1, 0.15) is 114 Å². The van der Waals surface area contributed by atoms with Crippen LogP contribution >= 0.6 is 0 Å². The Hall–Kier alpha value is -5.46. The highest BCUT2D eigenvalue weighted by Gasteiger charge is 2.28. The molecule has 0 N–H and O–H groups in total. The second-order valence-corrected chi connectivity index (χ2v) is 20.2. The lowest BCUT2D eigenvalue weighted by Gasteiger charge is -2.30. The maximum Gasteiger partial charge on any atom is -0.00204 e. The van der Waals surface area contributed by atoms with E-state index in [0.717, 1.165) is 6.42 Å². The molecular formula is C58H58. The van der Waals surface area contributed by atoms with E-state index >= 15 is 0 Å². The van der Waals surface area contributed by atoms with Crippen molar-refractivity contribution in [3.05, 3.63) is 179 Å². The van der Waals surface area contributed by atoms with Crippen molar-refractivity contribution in [1.82, 2.24) is 0 Å². The Kier molecular flexibility index (Phi) is 9.08. The molecule has 0 aliphatic heterocycles. The Morgan fingerprint density at radius 3 is 1.41 bits per heavy atom. The number of hydrogen-bond donors (Lipinski definition) is 0. The van der Waals surface area contributed by atoms with Crippen LogP contribution in [-0.2, 0) is 22.7 Å². The third-order valence-corrected chi connectivity index (χ3v) is 13.2. The molecule has 0 radical (unpaired) electrons. The van der Waals surface area contributed by atoms with Crippen molar-refractivity contribution in [1.29, 1.82) is 0 Å². The normalized spacial score (nSPS) is 14.0. The van der Waals surface area contributed by atoms with Crippen LogP contribution in [-0.4, -0.2) is 0 Å². The zero-order valence-corrected chi connectivity index (χ0v) is 36.2. The van der Waals surface area contributed by atoms with Crippen molar-refractivity contribution < 1.29 is 0 Å². The highest BCUT2D eigenvalue weighted by Crippen LogP contribution is 2.49. The number of fused-ring (bicyclic) bond motifs is 2. The minimum atomic E-state index is 0.0814. The molecule has 0 nitrogen and oxygen atoms in total. The summed E-state index contributed by atoms with van der Waals surface area (Å²) < 4.78 is 0. The van der Waals surface area contributed by atoms with Crippen LogP contribution in [0, 0.1) is 0 Å². The SMILES string of the molecule is CC(c1c2ccccc2c(-c2ccc3ccc4cc(C(C)(C)C)cc5ccc2c3c45)c2ccccc12)C(Cc1ccc(C(C)(C)C)cc1)c1ccc(C(C)(C)C)cc1. The third-order valence-electron chi connectivity index (χ3n) is 13.2. The molecule has 2 atom stereocenters. The van der Waals surface area contributed by atoms with Gasteiger partial charge in [0.25, 0.3) is 0 Å². The summed E-state index contributed by atoms with van der Waals surface area (Å²) in [6.07, 6.45) is 0.969. The molecule has 0 aliphatic carbocycles. The second-order valence-electron chi connectivity index (χ2n) is 20.2. The molecular weight excluding hydrogens is 697 g/mol. The van der Waals surface area contributed by atoms with Crippen LogP contribution < -0.4 is 0 Å². The lowest BCUT2D eigenvalue weighted by Crippen LogP contribution is -2.15. The van der Waals surface area contributed by atoms with Crippen LogP contribution in [0.4, 0.5) is 0 Å². The van der Waals surface area contributed by atoms with Gasteiger partial charge in [0.05, 0.1) is 0 Å². The molecule has 58 heavy (non-hydrogen) atoms. The minimum Gasteiger partial charge on any atom is -0.0616 e. The maximum atomic E-state index is 2.49. The van der Waals surface area contributed by atoms with Crippen LogP contribution in [0.15, 0.2) is 146 Å². The van der Waals surface area contributed by atoms with Gasteiger partial charge in [0, 0.05) is 0 Å². The highest BCUT2D eigenvalue weighted by molar-refractivity contribution is 6.28. The predicted molar refractivity (Wildman–Crippen MR) is 254 cm³/mol. The fraction of sp³-hybridized carbons (Fsp3) is 0.276. The standard InChI is InChI=1S/C58H58/c1-36(51(38-23-29-43(30-24-38)57(5,6)7)33-37-19-27-42(28-20-37)56(2,3)4)52-45-15-11-13-17-47(45)55(48-18-14-12-16-46(48)52)50-31-25-39-21-22-40-34-44(58(8,9)10)35-41-26-32-49(50)54(39)53(40)41/h11-32,34-36,51H,33H2,1-10H3. The topological polar surface area (TPSA) is 0 Å². The van der Waals surface area contributed by atoms with Gasteiger partial charge in [-0.2, -0.15) is 0 Å². The average Bonchev–Trinajstić information content (AvgIpc) is 3.20. The zero-order chi connectivity index (χ0) is 40.7. The van der Waals surface area contributed by atoms with Crippen LogP contribution in [0.5, 0.6) is 0 Å². The summed E-state index contributed by atoms with van der Waals surface area (Å²) in [4.78, 5) is 0. The highest BCUT2D eigenvalue weighted by atomic mass is 14.3. The van der Waals surface area contributed by atoms with Crippen molar-refractivity contribution in [2.75, 3.05) is 0 Å². The van der Waals surface area contributed by atoms with Gasteiger partial charge in [0.1, 0.15) is 0 Å². The first-order valence-corrected chi connectivity index (χ1v) is 21.4. The summed E-state index contributed by atoms with van der Waals surface area (Å²) in [6.45, 7) is 23.3. The van der Waals surface area contributed by atoms with E-state index < -0.39 is 0 Å². The van der Waals surface area contributed by atoms with Gasteiger partial charge in [0.15, 0.2) is 0 Å². The molecule has 0 bridgehead atoms. The van der Waals surface area contributed by atoms with Crippen LogP contribution in [0.2, 0.25) is 0 Å². The second kappa shape index (κ2) is 13.8. The molecule has 0 amide bonds. The predicted octanol–water partition coefficient (Wildman–Crippen LogP) is 16.6. The molecule has 0 aliphatic rings. The van der Waals surface area contributed by atoms with E-state index in [0.29, 0.717) is 0 Å². The number of benzene rings is 9. The number of rotatable bonds is 6. The molecule has 290 valence electrons. The Morgan fingerprint density at radius 1 is 0.414 bits per heavy atom. The van der Waals surface area contributed by atoms with Crippen molar-refractivity contribution in [2.24, 2.45) is 0 Å². The summed E-state index contributed by atoms with van der Waals surface area (Å²) in [5.74, 6) is 0.518. The third kappa shape index (κ3) is 6.56. The Morgan fingerprint density at radius 2 is 0.879 bits per heavy atom. The van der Waals surface area contributed by atoms with Gasteiger partial charge in [-0.1, -0.05) is 215 Å². The molecule has 9 aromatic carbocycles. The number of hydrogen-bond acceptors (Lipinski definition) is 0. The van der Waals surface area contributed by atoms with E-state index in [2.05, 4.69) is 215 Å². The lowest BCUT2D eigenvalue weighted by molar-refractivity contribution is 0.570. The van der Waals surface area contributed by atoms with Gasteiger partial charge >= 0.3 is 0 Å². The first kappa shape index (κ1) is 38.1. The fourth-order valence-corrected chi connectivity index (χ4v) is 9.82. The first-order valence-electron chi connectivity index (χ1n) is 21.4. The van der Waals surface area contributed by atoms with E-state index in [1.165, 1.54) is 98.4 Å². The van der Waals surface area contributed by atoms with Crippen LogP contribution in [0.25, 0.3) is 65.0 Å². The molecule has 0 heterocycles. The first-order chi connectivity index (χ1) is 27.6. The lowest BCUT2D eigenvalue weighted by atomic mass is 9.74. The summed E-state index contributed by atoms with van der Waals surface area (Å²) >= 11 is 0. The van der Waals surface area contributed by atoms with E-state index in [1.54, 1.807) is 0 Å². The molecule has 0 saturated heterocycles.